The zero-order valence-corrected chi connectivity index (χ0v) is 13.2. The topological polar surface area (TPSA) is 29.5 Å². The molecule has 0 saturated carbocycles. The summed E-state index contributed by atoms with van der Waals surface area (Å²) in [6.07, 6.45) is 1.85. The van der Waals surface area contributed by atoms with Gasteiger partial charge in [-0.2, -0.15) is 0 Å². The van der Waals surface area contributed by atoms with Gasteiger partial charge >= 0.3 is 0 Å². The third-order valence-corrected chi connectivity index (χ3v) is 4.02. The molecule has 1 saturated heterocycles. The van der Waals surface area contributed by atoms with E-state index in [0.29, 0.717) is 41.2 Å². The van der Waals surface area contributed by atoms with Crippen LogP contribution in [0.5, 0.6) is 0 Å². The lowest BCUT2D eigenvalue weighted by molar-refractivity contribution is 0.0154. The Labute approximate surface area is 133 Å². The summed E-state index contributed by atoms with van der Waals surface area (Å²) < 4.78 is 5.59. The first-order valence-electron chi connectivity index (χ1n) is 6.53. The number of alkyl halides is 1. The minimum atomic E-state index is -0.0533. The molecule has 0 aliphatic carbocycles. The van der Waals surface area contributed by atoms with E-state index in [1.54, 1.807) is 23.1 Å². The lowest BCUT2D eigenvalue weighted by Gasteiger charge is -2.32. The minimum Gasteiger partial charge on any atom is -0.377 e. The van der Waals surface area contributed by atoms with E-state index in [-0.39, 0.29) is 12.0 Å². The van der Waals surface area contributed by atoms with Crippen LogP contribution in [0.3, 0.4) is 0 Å². The third-order valence-electron chi connectivity index (χ3n) is 3.32. The summed E-state index contributed by atoms with van der Waals surface area (Å²) in [5.41, 5.74) is 0.496. The zero-order valence-electron chi connectivity index (χ0n) is 10.9. The van der Waals surface area contributed by atoms with Crippen molar-refractivity contribution in [1.82, 2.24) is 4.90 Å². The van der Waals surface area contributed by atoms with Gasteiger partial charge in [-0.1, -0.05) is 23.2 Å². The van der Waals surface area contributed by atoms with Crippen LogP contribution in [0.2, 0.25) is 10.0 Å². The molecule has 2 rings (SSSR count). The number of carbonyl (C=O) groups excluding carboxylic acids is 1. The van der Waals surface area contributed by atoms with Gasteiger partial charge in [0.05, 0.1) is 23.3 Å². The van der Waals surface area contributed by atoms with Gasteiger partial charge in [-0.15, -0.1) is 11.6 Å². The summed E-state index contributed by atoms with van der Waals surface area (Å²) in [5, 5.41) is 0.919. The fourth-order valence-electron chi connectivity index (χ4n) is 2.27. The summed E-state index contributed by atoms with van der Waals surface area (Å²) >= 11 is 17.5. The van der Waals surface area contributed by atoms with Crippen molar-refractivity contribution in [1.29, 1.82) is 0 Å². The number of carbonyl (C=O) groups is 1. The van der Waals surface area contributed by atoms with Gasteiger partial charge in [-0.25, -0.2) is 0 Å². The van der Waals surface area contributed by atoms with Crippen LogP contribution >= 0.6 is 34.8 Å². The molecule has 110 valence electrons. The Bertz CT molecular complexity index is 473. The first-order chi connectivity index (χ1) is 9.61. The molecule has 1 heterocycles. The maximum absolute atomic E-state index is 12.4. The number of piperidine rings is 1. The quantitative estimate of drug-likeness (QED) is 0.782. The number of hydrogen-bond acceptors (Lipinski definition) is 2. The molecule has 6 heteroatoms. The van der Waals surface area contributed by atoms with Gasteiger partial charge in [-0.3, -0.25) is 4.79 Å². The van der Waals surface area contributed by atoms with Gasteiger partial charge in [0.25, 0.3) is 5.91 Å². The van der Waals surface area contributed by atoms with Crippen LogP contribution in [-0.4, -0.2) is 42.5 Å². The Morgan fingerprint density at radius 1 is 1.30 bits per heavy atom. The molecule has 1 amide bonds. The molecule has 0 N–H and O–H groups in total. The molecule has 3 nitrogen and oxygen atoms in total. The van der Waals surface area contributed by atoms with Crippen molar-refractivity contribution in [3.05, 3.63) is 33.8 Å². The molecule has 0 aromatic heterocycles. The molecule has 0 radical (unpaired) electrons. The van der Waals surface area contributed by atoms with Crippen molar-refractivity contribution >= 4 is 40.7 Å². The number of halogens is 3. The number of benzene rings is 1. The van der Waals surface area contributed by atoms with Crippen molar-refractivity contribution in [2.24, 2.45) is 0 Å². The lowest BCUT2D eigenvalue weighted by Crippen LogP contribution is -2.41. The predicted octanol–water partition coefficient (Wildman–Crippen LogP) is 3.85. The fourth-order valence-corrected chi connectivity index (χ4v) is 2.85. The van der Waals surface area contributed by atoms with Gasteiger partial charge in [0, 0.05) is 24.0 Å². The normalized spacial score (nSPS) is 16.4. The van der Waals surface area contributed by atoms with E-state index >= 15 is 0 Å². The predicted molar refractivity (Wildman–Crippen MR) is 82.1 cm³/mol. The molecule has 0 bridgehead atoms. The van der Waals surface area contributed by atoms with Crippen LogP contribution in [0, 0.1) is 0 Å². The van der Waals surface area contributed by atoms with E-state index in [1.807, 2.05) is 0 Å². The Morgan fingerprint density at radius 2 is 2.00 bits per heavy atom. The fraction of sp³-hybridized carbons (Fsp3) is 0.500. The van der Waals surface area contributed by atoms with E-state index in [4.69, 9.17) is 39.5 Å². The maximum Gasteiger partial charge on any atom is 0.255 e. The van der Waals surface area contributed by atoms with Crippen molar-refractivity contribution in [3.8, 4) is 0 Å². The average Bonchev–Trinajstić information content (AvgIpc) is 2.45. The first kappa shape index (κ1) is 15.9. The van der Waals surface area contributed by atoms with E-state index in [1.165, 1.54) is 0 Å². The van der Waals surface area contributed by atoms with Crippen LogP contribution in [-0.2, 0) is 4.74 Å². The van der Waals surface area contributed by atoms with Crippen molar-refractivity contribution in [3.63, 3.8) is 0 Å². The van der Waals surface area contributed by atoms with Gasteiger partial charge in [-0.05, 0) is 31.0 Å². The molecule has 1 fully saturated rings. The molecular weight excluding hydrogens is 321 g/mol. The first-order valence-corrected chi connectivity index (χ1v) is 7.82. The molecule has 0 unspecified atom stereocenters. The Morgan fingerprint density at radius 3 is 2.60 bits per heavy atom. The third kappa shape index (κ3) is 4.01. The Hall–Kier alpha value is -0.480. The van der Waals surface area contributed by atoms with Crippen LogP contribution in [0.4, 0.5) is 0 Å². The number of likely N-dealkylation sites (tertiary alicyclic amines) is 1. The van der Waals surface area contributed by atoms with Crippen molar-refractivity contribution in [2.75, 3.05) is 25.6 Å². The zero-order chi connectivity index (χ0) is 14.5. The second-order valence-electron chi connectivity index (χ2n) is 4.68. The molecule has 20 heavy (non-hydrogen) atoms. The second kappa shape index (κ2) is 7.51. The smallest absolute Gasteiger partial charge is 0.255 e. The highest BCUT2D eigenvalue weighted by atomic mass is 35.5. The summed E-state index contributed by atoms with van der Waals surface area (Å²) in [5.74, 6) is 0.446. The van der Waals surface area contributed by atoms with Crippen LogP contribution in [0.15, 0.2) is 18.2 Å². The number of amides is 1. The molecule has 1 aliphatic rings. The average molecular weight is 337 g/mol. The molecule has 1 aromatic carbocycles. The molecular formula is C14H16Cl3NO2. The Kier molecular flexibility index (Phi) is 5.97. The maximum atomic E-state index is 12.4. The minimum absolute atomic E-state index is 0.0533. The van der Waals surface area contributed by atoms with E-state index in [9.17, 15) is 4.79 Å². The summed E-state index contributed by atoms with van der Waals surface area (Å²) in [6, 6.07) is 4.94. The number of hydrogen-bond donors (Lipinski definition) is 0. The highest BCUT2D eigenvalue weighted by Crippen LogP contribution is 2.24. The molecule has 0 spiro atoms. The number of ether oxygens (including phenoxy) is 1. The van der Waals surface area contributed by atoms with Gasteiger partial charge in [0.1, 0.15) is 0 Å². The monoisotopic (exact) mass is 335 g/mol. The van der Waals surface area contributed by atoms with E-state index < -0.39 is 0 Å². The second-order valence-corrected chi connectivity index (χ2v) is 5.90. The largest absolute Gasteiger partial charge is 0.377 e. The van der Waals surface area contributed by atoms with Gasteiger partial charge in [0.15, 0.2) is 0 Å². The van der Waals surface area contributed by atoms with Crippen LogP contribution in [0.1, 0.15) is 23.2 Å². The molecule has 1 aromatic rings. The number of nitrogens with zero attached hydrogens (tertiary/aromatic N) is 1. The molecule has 0 atom stereocenters. The van der Waals surface area contributed by atoms with Crippen LogP contribution < -0.4 is 0 Å². The summed E-state index contributed by atoms with van der Waals surface area (Å²) in [6.45, 7) is 1.90. The van der Waals surface area contributed by atoms with E-state index in [2.05, 4.69) is 0 Å². The highest BCUT2D eigenvalue weighted by molar-refractivity contribution is 6.36. The standard InChI is InChI=1S/C14H16Cl3NO2/c15-5-8-20-11-3-6-18(7-4-11)14(19)12-2-1-10(16)9-13(12)17/h1-2,9,11H,3-8H2. The highest BCUT2D eigenvalue weighted by Gasteiger charge is 2.25. The summed E-state index contributed by atoms with van der Waals surface area (Å²) in [7, 11) is 0. The summed E-state index contributed by atoms with van der Waals surface area (Å²) in [4.78, 5) is 14.2. The van der Waals surface area contributed by atoms with Crippen molar-refractivity contribution in [2.45, 2.75) is 18.9 Å². The van der Waals surface area contributed by atoms with Crippen molar-refractivity contribution < 1.29 is 9.53 Å². The lowest BCUT2D eigenvalue weighted by atomic mass is 10.1. The SMILES string of the molecule is O=C(c1ccc(Cl)cc1Cl)N1CCC(OCCCl)CC1. The van der Waals surface area contributed by atoms with Gasteiger partial charge < -0.3 is 9.64 Å². The Balaban J connectivity index is 1.94. The molecule has 1 aliphatic heterocycles. The van der Waals surface area contributed by atoms with E-state index in [0.717, 1.165) is 12.8 Å². The number of rotatable bonds is 4. The van der Waals surface area contributed by atoms with Crippen LogP contribution in [0.25, 0.3) is 0 Å². The van der Waals surface area contributed by atoms with Gasteiger partial charge in [0.2, 0.25) is 0 Å².